The third kappa shape index (κ3) is 2.24. The highest BCUT2D eigenvalue weighted by atomic mass is 35.5. The van der Waals surface area contributed by atoms with Gasteiger partial charge in [0.2, 0.25) is 0 Å². The summed E-state index contributed by atoms with van der Waals surface area (Å²) >= 11 is 6.10. The summed E-state index contributed by atoms with van der Waals surface area (Å²) in [6, 6.07) is 8.04. The summed E-state index contributed by atoms with van der Waals surface area (Å²) in [4.78, 5) is 10.8. The molecule has 0 saturated heterocycles. The number of halogens is 1. The minimum absolute atomic E-state index is 0.403. The van der Waals surface area contributed by atoms with Crippen LogP contribution >= 0.6 is 11.6 Å². The highest BCUT2D eigenvalue weighted by Crippen LogP contribution is 2.19. The van der Waals surface area contributed by atoms with Crippen molar-refractivity contribution in [1.29, 1.82) is 0 Å². The molecule has 0 aliphatic rings. The van der Waals surface area contributed by atoms with Crippen LogP contribution in [0, 0.1) is 13.8 Å². The lowest BCUT2D eigenvalue weighted by Gasteiger charge is -2.06. The van der Waals surface area contributed by atoms with Crippen molar-refractivity contribution in [3.63, 3.8) is 0 Å². The predicted octanol–water partition coefficient (Wildman–Crippen LogP) is 3.01. The van der Waals surface area contributed by atoms with Crippen molar-refractivity contribution in [2.24, 2.45) is 0 Å². The van der Waals surface area contributed by atoms with Gasteiger partial charge in [0.25, 0.3) is 0 Å². The first-order chi connectivity index (χ1) is 8.13. The molecule has 0 unspecified atom stereocenters. The molecule has 0 spiro atoms. The van der Waals surface area contributed by atoms with Gasteiger partial charge in [-0.1, -0.05) is 35.9 Å². The van der Waals surface area contributed by atoms with Crippen LogP contribution in [0.5, 0.6) is 0 Å². The number of benzene rings is 1. The Labute approximate surface area is 105 Å². The van der Waals surface area contributed by atoms with Crippen LogP contribution in [0.25, 0.3) is 0 Å². The molecule has 1 heterocycles. The van der Waals surface area contributed by atoms with Crippen molar-refractivity contribution in [2.45, 2.75) is 20.4 Å². The normalized spacial score (nSPS) is 10.5. The molecular formula is C13H13ClN2O. The second kappa shape index (κ2) is 4.72. The van der Waals surface area contributed by atoms with Gasteiger partial charge < -0.3 is 0 Å². The number of aryl methyl sites for hydroxylation is 2. The van der Waals surface area contributed by atoms with Crippen molar-refractivity contribution < 1.29 is 4.79 Å². The van der Waals surface area contributed by atoms with Gasteiger partial charge >= 0.3 is 0 Å². The number of aldehydes is 1. The molecule has 2 aromatic rings. The van der Waals surface area contributed by atoms with Gasteiger partial charge in [0.05, 0.1) is 17.8 Å². The molecule has 0 aliphatic carbocycles. The van der Waals surface area contributed by atoms with Crippen LogP contribution in [-0.4, -0.2) is 16.1 Å². The molecular weight excluding hydrogens is 236 g/mol. The van der Waals surface area contributed by atoms with E-state index in [0.717, 1.165) is 11.8 Å². The van der Waals surface area contributed by atoms with E-state index in [4.69, 9.17) is 11.6 Å². The lowest BCUT2D eigenvalue weighted by atomic mass is 10.1. The summed E-state index contributed by atoms with van der Waals surface area (Å²) in [5.41, 5.74) is 3.47. The third-order valence-electron chi connectivity index (χ3n) is 2.81. The Bertz CT molecular complexity index is 561. The van der Waals surface area contributed by atoms with Gasteiger partial charge in [0.1, 0.15) is 5.15 Å². The first-order valence-corrected chi connectivity index (χ1v) is 5.74. The second-order valence-corrected chi connectivity index (χ2v) is 4.35. The minimum atomic E-state index is 0.403. The summed E-state index contributed by atoms with van der Waals surface area (Å²) < 4.78 is 1.66. The van der Waals surface area contributed by atoms with Crippen molar-refractivity contribution in [2.75, 3.05) is 0 Å². The smallest absolute Gasteiger partial charge is 0.155 e. The van der Waals surface area contributed by atoms with Gasteiger partial charge in [-0.15, -0.1) is 0 Å². The van der Waals surface area contributed by atoms with Crippen molar-refractivity contribution in [3.8, 4) is 0 Å². The predicted molar refractivity (Wildman–Crippen MR) is 67.6 cm³/mol. The van der Waals surface area contributed by atoms with E-state index in [9.17, 15) is 4.79 Å². The molecule has 1 aromatic carbocycles. The zero-order chi connectivity index (χ0) is 12.4. The van der Waals surface area contributed by atoms with E-state index < -0.39 is 0 Å². The summed E-state index contributed by atoms with van der Waals surface area (Å²) in [5.74, 6) is 0. The van der Waals surface area contributed by atoms with Crippen LogP contribution in [0.2, 0.25) is 5.15 Å². The zero-order valence-corrected chi connectivity index (χ0v) is 10.5. The number of rotatable bonds is 3. The lowest BCUT2D eigenvalue weighted by molar-refractivity contribution is 0.112. The number of carbonyl (C=O) groups excluding carboxylic acids is 1. The summed E-state index contributed by atoms with van der Waals surface area (Å²) in [5, 5.41) is 4.67. The molecule has 2 rings (SSSR count). The molecule has 0 aliphatic heterocycles. The largest absolute Gasteiger partial charge is 0.298 e. The van der Waals surface area contributed by atoms with Gasteiger partial charge in [-0.2, -0.15) is 5.10 Å². The Morgan fingerprint density at radius 1 is 1.35 bits per heavy atom. The summed E-state index contributed by atoms with van der Waals surface area (Å²) in [7, 11) is 0. The molecule has 0 saturated carbocycles. The van der Waals surface area contributed by atoms with Crippen molar-refractivity contribution in [3.05, 3.63) is 51.8 Å². The maximum absolute atomic E-state index is 10.8. The Kier molecular flexibility index (Phi) is 3.29. The maximum Gasteiger partial charge on any atom is 0.155 e. The minimum Gasteiger partial charge on any atom is -0.298 e. The van der Waals surface area contributed by atoms with Crippen molar-refractivity contribution >= 4 is 17.9 Å². The lowest BCUT2D eigenvalue weighted by Crippen LogP contribution is -2.03. The molecule has 4 heteroatoms. The summed E-state index contributed by atoms with van der Waals surface area (Å²) in [6.45, 7) is 4.41. The Morgan fingerprint density at radius 3 is 2.65 bits per heavy atom. The number of carbonyl (C=O) groups is 1. The Morgan fingerprint density at radius 2 is 2.06 bits per heavy atom. The van der Waals surface area contributed by atoms with Gasteiger partial charge in [-0.3, -0.25) is 4.79 Å². The topological polar surface area (TPSA) is 34.9 Å². The van der Waals surface area contributed by atoms with Crippen LogP contribution in [0.15, 0.2) is 24.3 Å². The average molecular weight is 249 g/mol. The molecule has 0 fully saturated rings. The number of aromatic nitrogens is 2. The van der Waals surface area contributed by atoms with Gasteiger partial charge in [-0.25, -0.2) is 4.68 Å². The summed E-state index contributed by atoms with van der Waals surface area (Å²) in [6.07, 6.45) is 0.749. The van der Waals surface area contributed by atoms with E-state index >= 15 is 0 Å². The van der Waals surface area contributed by atoms with E-state index in [1.165, 1.54) is 5.56 Å². The van der Waals surface area contributed by atoms with E-state index in [1.54, 1.807) is 11.6 Å². The van der Waals surface area contributed by atoms with E-state index in [0.29, 0.717) is 23.0 Å². The zero-order valence-electron chi connectivity index (χ0n) is 9.77. The van der Waals surface area contributed by atoms with Crippen LogP contribution in [0.1, 0.15) is 27.2 Å². The fourth-order valence-corrected chi connectivity index (χ4v) is 2.03. The molecule has 0 amide bonds. The maximum atomic E-state index is 10.8. The van der Waals surface area contributed by atoms with Crippen LogP contribution in [0.4, 0.5) is 0 Å². The van der Waals surface area contributed by atoms with Gasteiger partial charge in [0, 0.05) is 0 Å². The van der Waals surface area contributed by atoms with Gasteiger partial charge in [-0.05, 0) is 25.0 Å². The molecule has 3 nitrogen and oxygen atoms in total. The SMILES string of the molecule is Cc1ccccc1Cn1nc(C)c(C=O)c1Cl. The second-order valence-electron chi connectivity index (χ2n) is 3.99. The monoisotopic (exact) mass is 248 g/mol. The van der Waals surface area contributed by atoms with Crippen molar-refractivity contribution in [1.82, 2.24) is 9.78 Å². The van der Waals surface area contributed by atoms with E-state index in [-0.39, 0.29) is 0 Å². The fraction of sp³-hybridized carbons (Fsp3) is 0.231. The Hall–Kier alpha value is -1.61. The molecule has 1 aromatic heterocycles. The Balaban J connectivity index is 2.37. The molecule has 0 bridgehead atoms. The van der Waals surface area contributed by atoms with Crippen LogP contribution in [0.3, 0.4) is 0 Å². The number of hydrogen-bond acceptors (Lipinski definition) is 2. The molecule has 88 valence electrons. The quantitative estimate of drug-likeness (QED) is 0.783. The highest BCUT2D eigenvalue weighted by Gasteiger charge is 2.12. The first kappa shape index (κ1) is 11.9. The third-order valence-corrected chi connectivity index (χ3v) is 3.21. The number of nitrogens with zero attached hydrogens (tertiary/aromatic N) is 2. The first-order valence-electron chi connectivity index (χ1n) is 5.36. The molecule has 0 N–H and O–H groups in total. The van der Waals surface area contributed by atoms with Crippen LogP contribution < -0.4 is 0 Å². The van der Waals surface area contributed by atoms with E-state index in [2.05, 4.69) is 5.10 Å². The highest BCUT2D eigenvalue weighted by molar-refractivity contribution is 6.32. The van der Waals surface area contributed by atoms with E-state index in [1.807, 2.05) is 31.2 Å². The average Bonchev–Trinajstić information content (AvgIpc) is 2.57. The van der Waals surface area contributed by atoms with Gasteiger partial charge in [0.15, 0.2) is 6.29 Å². The fourth-order valence-electron chi connectivity index (χ4n) is 1.75. The molecule has 17 heavy (non-hydrogen) atoms. The molecule has 0 radical (unpaired) electrons. The number of hydrogen-bond donors (Lipinski definition) is 0. The van der Waals surface area contributed by atoms with Crippen LogP contribution in [-0.2, 0) is 6.54 Å². The molecule has 0 atom stereocenters. The standard InChI is InChI=1S/C13H13ClN2O/c1-9-5-3-4-6-11(9)7-16-13(14)12(8-17)10(2)15-16/h3-6,8H,7H2,1-2H3.